The van der Waals surface area contributed by atoms with Gasteiger partial charge in [0, 0.05) is 26.2 Å². The van der Waals surface area contributed by atoms with Crippen LogP contribution in [0, 0.1) is 5.92 Å². The maximum Gasteiger partial charge on any atom is 0.108 e. The van der Waals surface area contributed by atoms with Crippen LogP contribution in [0.1, 0.15) is 25.3 Å². The molecule has 0 aliphatic carbocycles. The van der Waals surface area contributed by atoms with Gasteiger partial charge >= 0.3 is 0 Å². The van der Waals surface area contributed by atoms with Gasteiger partial charge in [-0.25, -0.2) is 4.98 Å². The number of thiazole rings is 1. The van der Waals surface area contributed by atoms with Crippen LogP contribution in [0.25, 0.3) is 10.2 Å². The molecule has 1 aliphatic heterocycles. The SMILES string of the molecule is CC(C)CCN1CCN(Cc2nc3ccccc3s2)CC1. The highest BCUT2D eigenvalue weighted by atomic mass is 32.1. The molecule has 2 aromatic rings. The lowest BCUT2D eigenvalue weighted by Crippen LogP contribution is -2.46. The van der Waals surface area contributed by atoms with Gasteiger partial charge in [-0.05, 0) is 31.0 Å². The minimum Gasteiger partial charge on any atom is -0.301 e. The van der Waals surface area contributed by atoms with Crippen molar-refractivity contribution >= 4 is 21.6 Å². The van der Waals surface area contributed by atoms with E-state index >= 15 is 0 Å². The maximum absolute atomic E-state index is 4.75. The van der Waals surface area contributed by atoms with Crippen LogP contribution >= 0.6 is 11.3 Å². The number of piperazine rings is 1. The highest BCUT2D eigenvalue weighted by molar-refractivity contribution is 7.18. The molecule has 0 N–H and O–H groups in total. The number of aromatic nitrogens is 1. The number of para-hydroxylation sites is 1. The van der Waals surface area contributed by atoms with E-state index < -0.39 is 0 Å². The molecule has 1 fully saturated rings. The first-order valence-electron chi connectivity index (χ1n) is 8.00. The quantitative estimate of drug-likeness (QED) is 0.843. The summed E-state index contributed by atoms with van der Waals surface area (Å²) < 4.78 is 1.31. The first-order valence-corrected chi connectivity index (χ1v) is 8.81. The fourth-order valence-corrected chi connectivity index (χ4v) is 3.80. The Bertz CT molecular complexity index is 537. The van der Waals surface area contributed by atoms with E-state index in [1.54, 1.807) is 0 Å². The van der Waals surface area contributed by atoms with Gasteiger partial charge in [-0.1, -0.05) is 26.0 Å². The average Bonchev–Trinajstić information content (AvgIpc) is 2.88. The highest BCUT2D eigenvalue weighted by Crippen LogP contribution is 2.23. The summed E-state index contributed by atoms with van der Waals surface area (Å²) in [6, 6.07) is 8.44. The number of hydrogen-bond donors (Lipinski definition) is 0. The summed E-state index contributed by atoms with van der Waals surface area (Å²) in [6.45, 7) is 11.6. The first-order chi connectivity index (χ1) is 10.2. The number of rotatable bonds is 5. The molecule has 1 saturated heterocycles. The molecule has 0 unspecified atom stereocenters. The Balaban J connectivity index is 1.51. The van der Waals surface area contributed by atoms with Crippen LogP contribution < -0.4 is 0 Å². The van der Waals surface area contributed by atoms with E-state index in [2.05, 4.69) is 47.9 Å². The summed E-state index contributed by atoms with van der Waals surface area (Å²) in [5, 5.41) is 1.26. The van der Waals surface area contributed by atoms with Crippen LogP contribution in [-0.2, 0) is 6.54 Å². The van der Waals surface area contributed by atoms with Crippen LogP contribution in [-0.4, -0.2) is 47.5 Å². The largest absolute Gasteiger partial charge is 0.301 e. The number of nitrogens with zero attached hydrogens (tertiary/aromatic N) is 3. The van der Waals surface area contributed by atoms with E-state index in [1.165, 1.54) is 48.9 Å². The minimum atomic E-state index is 0.811. The Morgan fingerprint density at radius 3 is 2.52 bits per heavy atom. The van der Waals surface area contributed by atoms with E-state index in [0.717, 1.165) is 18.0 Å². The standard InChI is InChI=1S/C17H25N3S/c1-14(2)7-8-19-9-11-20(12-10-19)13-17-18-15-5-3-4-6-16(15)21-17/h3-6,14H,7-13H2,1-2H3. The summed E-state index contributed by atoms with van der Waals surface area (Å²) in [4.78, 5) is 9.90. The van der Waals surface area contributed by atoms with Crippen LogP contribution in [0.3, 0.4) is 0 Å². The van der Waals surface area contributed by atoms with Crippen molar-refractivity contribution < 1.29 is 0 Å². The third kappa shape index (κ3) is 4.02. The lowest BCUT2D eigenvalue weighted by molar-refractivity contribution is 0.123. The van der Waals surface area contributed by atoms with Crippen molar-refractivity contribution in [3.8, 4) is 0 Å². The predicted octanol–water partition coefficient (Wildman–Crippen LogP) is 3.46. The van der Waals surface area contributed by atoms with Crippen LogP contribution in [0.2, 0.25) is 0 Å². The van der Waals surface area contributed by atoms with Gasteiger partial charge in [0.2, 0.25) is 0 Å². The van der Waals surface area contributed by atoms with Crippen molar-refractivity contribution in [2.24, 2.45) is 5.92 Å². The lowest BCUT2D eigenvalue weighted by Gasteiger charge is -2.34. The maximum atomic E-state index is 4.75. The molecule has 0 bridgehead atoms. The van der Waals surface area contributed by atoms with E-state index in [9.17, 15) is 0 Å². The zero-order chi connectivity index (χ0) is 14.7. The molecule has 4 heteroatoms. The molecule has 0 saturated carbocycles. The second-order valence-corrected chi connectivity index (χ2v) is 7.49. The Morgan fingerprint density at radius 1 is 1.10 bits per heavy atom. The van der Waals surface area contributed by atoms with E-state index in [4.69, 9.17) is 4.98 Å². The predicted molar refractivity (Wildman–Crippen MR) is 90.8 cm³/mol. The molecule has 21 heavy (non-hydrogen) atoms. The summed E-state index contributed by atoms with van der Waals surface area (Å²) >= 11 is 1.84. The molecule has 0 atom stereocenters. The second kappa shape index (κ2) is 6.86. The molecule has 0 amide bonds. The fraction of sp³-hybridized carbons (Fsp3) is 0.588. The normalized spacial score (nSPS) is 17.9. The third-order valence-electron chi connectivity index (χ3n) is 4.18. The van der Waals surface area contributed by atoms with Gasteiger partial charge in [-0.2, -0.15) is 0 Å². The first kappa shape index (κ1) is 14.9. The van der Waals surface area contributed by atoms with Gasteiger partial charge in [0.1, 0.15) is 5.01 Å². The molecule has 1 aromatic heterocycles. The van der Waals surface area contributed by atoms with Gasteiger partial charge in [0.05, 0.1) is 16.8 Å². The molecule has 3 rings (SSSR count). The smallest absolute Gasteiger partial charge is 0.108 e. The van der Waals surface area contributed by atoms with Crippen LogP contribution in [0.4, 0.5) is 0 Å². The summed E-state index contributed by atoms with van der Waals surface area (Å²) in [5.41, 5.74) is 1.15. The number of benzene rings is 1. The van der Waals surface area contributed by atoms with Crippen molar-refractivity contribution in [3.05, 3.63) is 29.3 Å². The summed E-state index contributed by atoms with van der Waals surface area (Å²) in [5.74, 6) is 0.811. The van der Waals surface area contributed by atoms with Crippen LogP contribution in [0.5, 0.6) is 0 Å². The molecular formula is C17H25N3S. The topological polar surface area (TPSA) is 19.4 Å². The minimum absolute atomic E-state index is 0.811. The molecule has 114 valence electrons. The molecule has 2 heterocycles. The molecular weight excluding hydrogens is 278 g/mol. The van der Waals surface area contributed by atoms with E-state index in [0.29, 0.717) is 0 Å². The fourth-order valence-electron chi connectivity index (χ4n) is 2.79. The Kier molecular flexibility index (Phi) is 4.88. The molecule has 1 aromatic carbocycles. The summed E-state index contributed by atoms with van der Waals surface area (Å²) in [6.07, 6.45) is 1.32. The van der Waals surface area contributed by atoms with Crippen molar-refractivity contribution in [1.82, 2.24) is 14.8 Å². The van der Waals surface area contributed by atoms with Gasteiger partial charge < -0.3 is 4.90 Å². The van der Waals surface area contributed by atoms with Crippen molar-refractivity contribution in [2.75, 3.05) is 32.7 Å². The van der Waals surface area contributed by atoms with E-state index in [-0.39, 0.29) is 0 Å². The molecule has 3 nitrogen and oxygen atoms in total. The molecule has 0 spiro atoms. The Morgan fingerprint density at radius 2 is 1.81 bits per heavy atom. The van der Waals surface area contributed by atoms with Crippen molar-refractivity contribution in [3.63, 3.8) is 0 Å². The second-order valence-electron chi connectivity index (χ2n) is 6.38. The summed E-state index contributed by atoms with van der Waals surface area (Å²) in [7, 11) is 0. The lowest BCUT2D eigenvalue weighted by atomic mass is 10.1. The Hall–Kier alpha value is -0.970. The van der Waals surface area contributed by atoms with Crippen LogP contribution in [0.15, 0.2) is 24.3 Å². The average molecular weight is 303 g/mol. The van der Waals surface area contributed by atoms with Gasteiger partial charge in [-0.3, -0.25) is 4.90 Å². The van der Waals surface area contributed by atoms with Crippen molar-refractivity contribution in [1.29, 1.82) is 0 Å². The van der Waals surface area contributed by atoms with E-state index in [1.807, 2.05) is 11.3 Å². The number of fused-ring (bicyclic) bond motifs is 1. The van der Waals surface area contributed by atoms with Gasteiger partial charge in [0.25, 0.3) is 0 Å². The zero-order valence-electron chi connectivity index (χ0n) is 13.1. The van der Waals surface area contributed by atoms with Crippen molar-refractivity contribution in [2.45, 2.75) is 26.8 Å². The third-order valence-corrected chi connectivity index (χ3v) is 5.21. The molecule has 0 radical (unpaired) electrons. The zero-order valence-corrected chi connectivity index (χ0v) is 13.9. The number of hydrogen-bond acceptors (Lipinski definition) is 4. The highest BCUT2D eigenvalue weighted by Gasteiger charge is 2.18. The monoisotopic (exact) mass is 303 g/mol. The van der Waals surface area contributed by atoms with Gasteiger partial charge in [-0.15, -0.1) is 11.3 Å². The molecule has 1 aliphatic rings. The Labute approximate surface area is 131 Å². The van der Waals surface area contributed by atoms with Gasteiger partial charge in [0.15, 0.2) is 0 Å².